The van der Waals surface area contributed by atoms with Crippen molar-refractivity contribution in [2.75, 3.05) is 32.1 Å². The molecule has 19 heavy (non-hydrogen) atoms. The molecule has 0 amide bonds. The first-order chi connectivity index (χ1) is 9.24. The van der Waals surface area contributed by atoms with Gasteiger partial charge in [0, 0.05) is 18.3 Å². The number of likely N-dealkylation sites (tertiary alicyclic amines) is 1. The zero-order valence-corrected chi connectivity index (χ0v) is 11.7. The summed E-state index contributed by atoms with van der Waals surface area (Å²) >= 11 is 0. The molecule has 4 heteroatoms. The molecule has 0 radical (unpaired) electrons. The highest BCUT2D eigenvalue weighted by atomic mass is 16.5. The van der Waals surface area contributed by atoms with E-state index in [2.05, 4.69) is 17.1 Å². The number of nitrogens with one attached hydrogen (secondary N) is 1. The van der Waals surface area contributed by atoms with Crippen LogP contribution in [0.5, 0.6) is 0 Å². The number of nitrogens with zero attached hydrogens (tertiary/aromatic N) is 1. The Balaban J connectivity index is 1.94. The number of carbonyl (C=O) groups excluding carboxylic acids is 1. The van der Waals surface area contributed by atoms with Gasteiger partial charge >= 0.3 is 5.97 Å². The summed E-state index contributed by atoms with van der Waals surface area (Å²) in [6, 6.07) is 8.08. The van der Waals surface area contributed by atoms with Crippen LogP contribution in [0, 0.1) is 0 Å². The molecule has 1 N–H and O–H groups in total. The Morgan fingerprint density at radius 1 is 1.53 bits per heavy atom. The van der Waals surface area contributed by atoms with Crippen LogP contribution in [0.3, 0.4) is 0 Å². The highest BCUT2D eigenvalue weighted by Crippen LogP contribution is 2.18. The fraction of sp³-hybridized carbons (Fsp3) is 0.533. The molecule has 104 valence electrons. The van der Waals surface area contributed by atoms with E-state index in [1.54, 1.807) is 6.07 Å². The number of rotatable bonds is 5. The maximum atomic E-state index is 11.5. The van der Waals surface area contributed by atoms with Crippen molar-refractivity contribution in [1.82, 2.24) is 4.90 Å². The van der Waals surface area contributed by atoms with Crippen LogP contribution in [0.2, 0.25) is 0 Å². The van der Waals surface area contributed by atoms with E-state index in [0.717, 1.165) is 18.8 Å². The summed E-state index contributed by atoms with van der Waals surface area (Å²) in [5.41, 5.74) is 1.57. The molecule has 1 aliphatic heterocycles. The van der Waals surface area contributed by atoms with Crippen molar-refractivity contribution in [3.8, 4) is 0 Å². The first kappa shape index (κ1) is 13.9. The largest absolute Gasteiger partial charge is 0.465 e. The van der Waals surface area contributed by atoms with Crippen molar-refractivity contribution in [2.45, 2.75) is 25.8 Å². The highest BCUT2D eigenvalue weighted by Gasteiger charge is 2.22. The zero-order chi connectivity index (χ0) is 13.7. The first-order valence-corrected chi connectivity index (χ1v) is 6.91. The van der Waals surface area contributed by atoms with Crippen LogP contribution in [-0.4, -0.2) is 43.7 Å². The van der Waals surface area contributed by atoms with Gasteiger partial charge in [0.2, 0.25) is 0 Å². The van der Waals surface area contributed by atoms with Gasteiger partial charge in [-0.1, -0.05) is 13.0 Å². The Morgan fingerprint density at radius 2 is 2.37 bits per heavy atom. The van der Waals surface area contributed by atoms with Crippen molar-refractivity contribution in [3.63, 3.8) is 0 Å². The highest BCUT2D eigenvalue weighted by molar-refractivity contribution is 5.90. The van der Waals surface area contributed by atoms with Crippen LogP contribution in [0.25, 0.3) is 0 Å². The third kappa shape index (κ3) is 3.47. The van der Waals surface area contributed by atoms with E-state index < -0.39 is 0 Å². The molecule has 0 spiro atoms. The van der Waals surface area contributed by atoms with Crippen LogP contribution in [0.4, 0.5) is 5.69 Å². The Bertz CT molecular complexity index is 434. The molecular formula is C15H22N2O2. The lowest BCUT2D eigenvalue weighted by molar-refractivity contribution is 0.0601. The molecule has 1 fully saturated rings. The summed E-state index contributed by atoms with van der Waals surface area (Å²) in [6.45, 7) is 5.44. The number of hydrogen-bond donors (Lipinski definition) is 1. The predicted molar refractivity (Wildman–Crippen MR) is 76.5 cm³/mol. The van der Waals surface area contributed by atoms with Gasteiger partial charge in [-0.2, -0.15) is 0 Å². The molecule has 4 nitrogen and oxygen atoms in total. The van der Waals surface area contributed by atoms with Crippen molar-refractivity contribution in [3.05, 3.63) is 29.8 Å². The van der Waals surface area contributed by atoms with Gasteiger partial charge in [-0.25, -0.2) is 4.79 Å². The number of likely N-dealkylation sites (N-methyl/N-ethyl adjacent to an activating group) is 1. The third-order valence-electron chi connectivity index (χ3n) is 3.73. The second-order valence-corrected chi connectivity index (χ2v) is 4.88. The summed E-state index contributed by atoms with van der Waals surface area (Å²) in [5, 5.41) is 3.42. The number of hydrogen-bond acceptors (Lipinski definition) is 4. The van der Waals surface area contributed by atoms with Gasteiger partial charge < -0.3 is 10.1 Å². The molecular weight excluding hydrogens is 240 g/mol. The molecule has 2 rings (SSSR count). The van der Waals surface area contributed by atoms with E-state index in [1.807, 2.05) is 18.2 Å². The number of methoxy groups -OCH3 is 1. The van der Waals surface area contributed by atoms with Crippen LogP contribution in [0.15, 0.2) is 24.3 Å². The summed E-state index contributed by atoms with van der Waals surface area (Å²) in [7, 11) is 1.40. The lowest BCUT2D eigenvalue weighted by Crippen LogP contribution is -2.34. The maximum Gasteiger partial charge on any atom is 0.337 e. The molecule has 1 unspecified atom stereocenters. The number of esters is 1. The minimum absolute atomic E-state index is 0.292. The normalized spacial score (nSPS) is 19.4. The summed E-state index contributed by atoms with van der Waals surface area (Å²) < 4.78 is 4.73. The topological polar surface area (TPSA) is 41.6 Å². The second-order valence-electron chi connectivity index (χ2n) is 4.88. The number of carbonyl (C=O) groups is 1. The van der Waals surface area contributed by atoms with Crippen LogP contribution in [-0.2, 0) is 4.74 Å². The molecule has 1 saturated heterocycles. The van der Waals surface area contributed by atoms with E-state index in [4.69, 9.17) is 4.74 Å². The minimum atomic E-state index is -0.292. The van der Waals surface area contributed by atoms with Crippen LogP contribution < -0.4 is 5.32 Å². The SMILES string of the molecule is CCN1CCCC1CNc1cccc(C(=O)OC)c1. The molecule has 0 bridgehead atoms. The molecule has 1 aromatic carbocycles. The molecule has 0 aliphatic carbocycles. The van der Waals surface area contributed by atoms with Gasteiger partial charge in [-0.05, 0) is 44.1 Å². The molecule has 1 heterocycles. The Kier molecular flexibility index (Phi) is 4.80. The monoisotopic (exact) mass is 262 g/mol. The average molecular weight is 262 g/mol. The van der Waals surface area contributed by atoms with Gasteiger partial charge in [0.05, 0.1) is 12.7 Å². The van der Waals surface area contributed by atoms with Gasteiger partial charge in [0.15, 0.2) is 0 Å². The smallest absolute Gasteiger partial charge is 0.337 e. The van der Waals surface area contributed by atoms with Gasteiger partial charge in [0.25, 0.3) is 0 Å². The lowest BCUT2D eigenvalue weighted by atomic mass is 10.2. The average Bonchev–Trinajstić information content (AvgIpc) is 2.92. The van der Waals surface area contributed by atoms with Crippen LogP contribution in [0.1, 0.15) is 30.1 Å². The fourth-order valence-corrected chi connectivity index (χ4v) is 2.65. The summed E-state index contributed by atoms with van der Waals surface area (Å²) in [6.07, 6.45) is 2.53. The van der Waals surface area contributed by atoms with E-state index in [1.165, 1.54) is 26.5 Å². The molecule has 1 atom stereocenters. The van der Waals surface area contributed by atoms with E-state index in [9.17, 15) is 4.79 Å². The second kappa shape index (κ2) is 6.57. The number of benzene rings is 1. The molecule has 0 saturated carbocycles. The van der Waals surface area contributed by atoms with E-state index >= 15 is 0 Å². The van der Waals surface area contributed by atoms with E-state index in [-0.39, 0.29) is 5.97 Å². The van der Waals surface area contributed by atoms with E-state index in [0.29, 0.717) is 11.6 Å². The fourth-order valence-electron chi connectivity index (χ4n) is 2.65. The third-order valence-corrected chi connectivity index (χ3v) is 3.73. The lowest BCUT2D eigenvalue weighted by Gasteiger charge is -2.23. The predicted octanol–water partition coefficient (Wildman–Crippen LogP) is 2.37. The van der Waals surface area contributed by atoms with Crippen molar-refractivity contribution >= 4 is 11.7 Å². The number of anilines is 1. The Labute approximate surface area is 114 Å². The van der Waals surface area contributed by atoms with Gasteiger partial charge in [-0.15, -0.1) is 0 Å². The summed E-state index contributed by atoms with van der Waals surface area (Å²) in [5.74, 6) is -0.292. The van der Waals surface area contributed by atoms with Crippen LogP contribution >= 0.6 is 0 Å². The first-order valence-electron chi connectivity index (χ1n) is 6.91. The van der Waals surface area contributed by atoms with Gasteiger partial charge in [0.1, 0.15) is 0 Å². The minimum Gasteiger partial charge on any atom is -0.465 e. The van der Waals surface area contributed by atoms with Gasteiger partial charge in [-0.3, -0.25) is 4.90 Å². The molecule has 0 aromatic heterocycles. The quantitative estimate of drug-likeness (QED) is 0.827. The Hall–Kier alpha value is -1.55. The standard InChI is InChI=1S/C15H22N2O2/c1-3-17-9-5-8-14(17)11-16-13-7-4-6-12(10-13)15(18)19-2/h4,6-7,10,14,16H,3,5,8-9,11H2,1-2H3. The Morgan fingerprint density at radius 3 is 3.11 bits per heavy atom. The van der Waals surface area contributed by atoms with Crippen molar-refractivity contribution < 1.29 is 9.53 Å². The summed E-state index contributed by atoms with van der Waals surface area (Å²) in [4.78, 5) is 14.0. The zero-order valence-electron chi connectivity index (χ0n) is 11.7. The molecule has 1 aliphatic rings. The number of ether oxygens (including phenoxy) is 1. The van der Waals surface area contributed by atoms with Crippen molar-refractivity contribution in [1.29, 1.82) is 0 Å². The molecule has 1 aromatic rings. The van der Waals surface area contributed by atoms with Crippen molar-refractivity contribution in [2.24, 2.45) is 0 Å². The maximum absolute atomic E-state index is 11.5.